The topological polar surface area (TPSA) is 99.2 Å². The first-order valence-corrected chi connectivity index (χ1v) is 12.5. The van der Waals surface area contributed by atoms with Crippen LogP contribution in [-0.2, 0) is 10.0 Å². The van der Waals surface area contributed by atoms with Crippen molar-refractivity contribution in [1.29, 1.82) is 0 Å². The SMILES string of the molecule is Cc1ccc(S(=O)(=O)Nc2ccc3c(c2)C(=O)N([C@@H](C)CO)C[C@@H](C)[C@@H](CN(C)C)O3)cc1. The fourth-order valence-corrected chi connectivity index (χ4v) is 4.84. The number of aryl methyl sites for hydroxylation is 1. The molecule has 0 saturated carbocycles. The third-order valence-electron chi connectivity index (χ3n) is 5.79. The molecule has 2 aromatic rings. The smallest absolute Gasteiger partial charge is 0.261 e. The van der Waals surface area contributed by atoms with Crippen molar-refractivity contribution in [3.8, 4) is 5.75 Å². The van der Waals surface area contributed by atoms with E-state index in [2.05, 4.69) is 4.72 Å². The van der Waals surface area contributed by atoms with E-state index >= 15 is 0 Å². The molecule has 33 heavy (non-hydrogen) atoms. The lowest BCUT2D eigenvalue weighted by Gasteiger charge is -2.37. The van der Waals surface area contributed by atoms with Crippen molar-refractivity contribution < 1.29 is 23.1 Å². The standard InChI is InChI=1S/C24H33N3O5S/c1-16-6-9-20(10-7-16)33(30,31)25-19-8-11-22-21(12-19)24(29)27(18(3)15-28)13-17(2)23(32-22)14-26(4)5/h6-12,17-18,23,25,28H,13-15H2,1-5H3/t17-,18+,23-/m1/s1. The van der Waals surface area contributed by atoms with Gasteiger partial charge in [-0.1, -0.05) is 24.6 Å². The van der Waals surface area contributed by atoms with E-state index in [0.717, 1.165) is 5.56 Å². The minimum absolute atomic E-state index is 0.0261. The van der Waals surface area contributed by atoms with E-state index in [0.29, 0.717) is 18.8 Å². The molecular weight excluding hydrogens is 442 g/mol. The van der Waals surface area contributed by atoms with Gasteiger partial charge < -0.3 is 19.6 Å². The third-order valence-corrected chi connectivity index (χ3v) is 7.19. The maximum absolute atomic E-state index is 13.4. The number of nitrogens with one attached hydrogen (secondary N) is 1. The molecule has 0 bridgehead atoms. The molecule has 0 spiro atoms. The van der Waals surface area contributed by atoms with Crippen molar-refractivity contribution in [2.24, 2.45) is 5.92 Å². The minimum Gasteiger partial charge on any atom is -0.488 e. The summed E-state index contributed by atoms with van der Waals surface area (Å²) >= 11 is 0. The van der Waals surface area contributed by atoms with E-state index < -0.39 is 10.0 Å². The summed E-state index contributed by atoms with van der Waals surface area (Å²) in [4.78, 5) is 17.2. The molecule has 3 atom stereocenters. The molecule has 1 aliphatic heterocycles. The summed E-state index contributed by atoms with van der Waals surface area (Å²) < 4.78 is 34.5. The Morgan fingerprint density at radius 2 is 1.88 bits per heavy atom. The molecule has 0 saturated heterocycles. The molecule has 1 heterocycles. The van der Waals surface area contributed by atoms with Crippen molar-refractivity contribution in [3.05, 3.63) is 53.6 Å². The average Bonchev–Trinajstić information content (AvgIpc) is 2.76. The fourth-order valence-electron chi connectivity index (χ4n) is 3.80. The van der Waals surface area contributed by atoms with Gasteiger partial charge in [0.05, 0.1) is 23.1 Å². The summed E-state index contributed by atoms with van der Waals surface area (Å²) in [5.74, 6) is 0.114. The number of likely N-dealkylation sites (N-methyl/N-ethyl adjacent to an activating group) is 1. The summed E-state index contributed by atoms with van der Waals surface area (Å²) in [5.41, 5.74) is 1.48. The molecule has 0 radical (unpaired) electrons. The normalized spacial score (nSPS) is 20.0. The number of hydrogen-bond donors (Lipinski definition) is 2. The van der Waals surface area contributed by atoms with Gasteiger partial charge in [0.25, 0.3) is 15.9 Å². The number of rotatable bonds is 7. The van der Waals surface area contributed by atoms with Crippen LogP contribution < -0.4 is 9.46 Å². The van der Waals surface area contributed by atoms with Crippen LogP contribution in [0.2, 0.25) is 0 Å². The monoisotopic (exact) mass is 475 g/mol. The Morgan fingerprint density at radius 3 is 2.48 bits per heavy atom. The quantitative estimate of drug-likeness (QED) is 0.639. The van der Waals surface area contributed by atoms with Crippen molar-refractivity contribution >= 4 is 21.6 Å². The van der Waals surface area contributed by atoms with Gasteiger partial charge in [-0.15, -0.1) is 0 Å². The van der Waals surface area contributed by atoms with Crippen LogP contribution >= 0.6 is 0 Å². The Morgan fingerprint density at radius 1 is 1.21 bits per heavy atom. The molecule has 1 aliphatic rings. The summed E-state index contributed by atoms with van der Waals surface area (Å²) in [6.07, 6.45) is -0.185. The Balaban J connectivity index is 2.00. The molecule has 2 N–H and O–H groups in total. The highest BCUT2D eigenvalue weighted by Crippen LogP contribution is 2.31. The van der Waals surface area contributed by atoms with Gasteiger partial charge in [0.15, 0.2) is 0 Å². The van der Waals surface area contributed by atoms with Crippen LogP contribution in [-0.4, -0.2) is 75.2 Å². The molecule has 2 aromatic carbocycles. The number of carbonyl (C=O) groups is 1. The number of hydrogen-bond acceptors (Lipinski definition) is 6. The highest BCUT2D eigenvalue weighted by Gasteiger charge is 2.33. The first kappa shape index (κ1) is 25.0. The Labute approximate surface area is 196 Å². The van der Waals surface area contributed by atoms with Crippen molar-refractivity contribution in [3.63, 3.8) is 0 Å². The number of aliphatic hydroxyl groups is 1. The van der Waals surface area contributed by atoms with E-state index in [1.165, 1.54) is 18.2 Å². The molecule has 8 nitrogen and oxygen atoms in total. The minimum atomic E-state index is -3.82. The summed E-state index contributed by atoms with van der Waals surface area (Å²) in [6.45, 7) is 6.59. The zero-order chi connectivity index (χ0) is 24.3. The second-order valence-electron chi connectivity index (χ2n) is 9.01. The zero-order valence-corrected chi connectivity index (χ0v) is 20.6. The molecule has 1 amide bonds. The number of nitrogens with zero attached hydrogens (tertiary/aromatic N) is 2. The second-order valence-corrected chi connectivity index (χ2v) is 10.7. The fraction of sp³-hybridized carbons (Fsp3) is 0.458. The third kappa shape index (κ3) is 5.85. The summed E-state index contributed by atoms with van der Waals surface area (Å²) in [5, 5.41) is 9.74. The molecule has 0 aromatic heterocycles. The van der Waals surface area contributed by atoms with Crippen molar-refractivity contribution in [1.82, 2.24) is 9.80 Å². The highest BCUT2D eigenvalue weighted by atomic mass is 32.2. The van der Waals surface area contributed by atoms with E-state index in [-0.39, 0.29) is 46.7 Å². The lowest BCUT2D eigenvalue weighted by Crippen LogP contribution is -2.49. The lowest BCUT2D eigenvalue weighted by atomic mass is 9.99. The number of carbonyl (C=O) groups excluding carboxylic acids is 1. The van der Waals surface area contributed by atoms with Crippen molar-refractivity contribution in [2.75, 3.05) is 38.5 Å². The Hall–Kier alpha value is -2.62. The van der Waals surface area contributed by atoms with Gasteiger partial charge in [0.2, 0.25) is 0 Å². The van der Waals surface area contributed by atoms with E-state index in [9.17, 15) is 18.3 Å². The molecule has 180 valence electrons. The maximum atomic E-state index is 13.4. The average molecular weight is 476 g/mol. The van der Waals surface area contributed by atoms with Gasteiger partial charge in [-0.3, -0.25) is 9.52 Å². The first-order valence-electron chi connectivity index (χ1n) is 11.0. The largest absolute Gasteiger partial charge is 0.488 e. The second kappa shape index (κ2) is 10.1. The van der Waals surface area contributed by atoms with Gasteiger partial charge in [-0.05, 0) is 58.3 Å². The summed E-state index contributed by atoms with van der Waals surface area (Å²) in [6, 6.07) is 10.9. The van der Waals surface area contributed by atoms with Gasteiger partial charge in [0.1, 0.15) is 11.9 Å². The van der Waals surface area contributed by atoms with E-state index in [1.807, 2.05) is 32.8 Å². The van der Waals surface area contributed by atoms with Crippen LogP contribution in [0.1, 0.15) is 29.8 Å². The molecule has 3 rings (SSSR count). The van der Waals surface area contributed by atoms with Crippen LogP contribution in [0, 0.1) is 12.8 Å². The molecule has 0 unspecified atom stereocenters. The highest BCUT2D eigenvalue weighted by molar-refractivity contribution is 7.92. The van der Waals surface area contributed by atoms with Crippen LogP contribution in [0.15, 0.2) is 47.4 Å². The first-order chi connectivity index (χ1) is 15.5. The maximum Gasteiger partial charge on any atom is 0.261 e. The molecule has 9 heteroatoms. The van der Waals surface area contributed by atoms with Crippen LogP contribution in [0.3, 0.4) is 0 Å². The zero-order valence-electron chi connectivity index (χ0n) is 19.8. The predicted octanol–water partition coefficient (Wildman–Crippen LogP) is 2.58. The number of aliphatic hydroxyl groups excluding tert-OH is 1. The van der Waals surface area contributed by atoms with Gasteiger partial charge in [-0.25, -0.2) is 8.42 Å². The molecule has 0 aliphatic carbocycles. The summed E-state index contributed by atoms with van der Waals surface area (Å²) in [7, 11) is 0.0899. The number of amides is 1. The van der Waals surface area contributed by atoms with Crippen LogP contribution in [0.4, 0.5) is 5.69 Å². The molecule has 0 fully saturated rings. The van der Waals surface area contributed by atoms with Gasteiger partial charge >= 0.3 is 0 Å². The number of sulfonamides is 1. The number of anilines is 1. The molecular formula is C24H33N3O5S. The number of fused-ring (bicyclic) bond motifs is 1. The van der Waals surface area contributed by atoms with Crippen LogP contribution in [0.5, 0.6) is 5.75 Å². The lowest BCUT2D eigenvalue weighted by molar-refractivity contribution is 0.0363. The predicted molar refractivity (Wildman–Crippen MR) is 128 cm³/mol. The van der Waals surface area contributed by atoms with E-state index in [1.54, 1.807) is 36.1 Å². The van der Waals surface area contributed by atoms with Gasteiger partial charge in [-0.2, -0.15) is 0 Å². The number of ether oxygens (including phenoxy) is 1. The van der Waals surface area contributed by atoms with Gasteiger partial charge in [0, 0.05) is 24.7 Å². The van der Waals surface area contributed by atoms with E-state index in [4.69, 9.17) is 4.74 Å². The van der Waals surface area contributed by atoms with Crippen molar-refractivity contribution in [2.45, 2.75) is 37.8 Å². The Bertz CT molecular complexity index is 1090. The van der Waals surface area contributed by atoms with Crippen LogP contribution in [0.25, 0.3) is 0 Å². The Kier molecular flexibility index (Phi) is 7.66. The number of benzene rings is 2.